The molecule has 0 unspecified atom stereocenters. The molecule has 0 amide bonds. The van der Waals surface area contributed by atoms with E-state index in [1.54, 1.807) is 0 Å². The molecule has 16 heavy (non-hydrogen) atoms. The summed E-state index contributed by atoms with van der Waals surface area (Å²) < 4.78 is 5.79. The van der Waals surface area contributed by atoms with Crippen molar-refractivity contribution in [2.75, 3.05) is 33.0 Å². The maximum atomic E-state index is 5.79. The van der Waals surface area contributed by atoms with Gasteiger partial charge in [-0.25, -0.2) is 0 Å². The van der Waals surface area contributed by atoms with Crippen LogP contribution in [0.4, 0.5) is 5.69 Å². The molecule has 0 aromatic heterocycles. The summed E-state index contributed by atoms with van der Waals surface area (Å²) in [6.07, 6.45) is 2.09. The first-order valence-electron chi connectivity index (χ1n) is 5.76. The molecule has 1 heterocycles. The maximum Gasteiger partial charge on any atom is 0.0951 e. The second-order valence-corrected chi connectivity index (χ2v) is 4.62. The predicted octanol–water partition coefficient (Wildman–Crippen LogP) is 2.08. The number of ether oxygens (including phenoxy) is 1. The lowest BCUT2D eigenvalue weighted by atomic mass is 9.84. The predicted molar refractivity (Wildman–Crippen MR) is 68.4 cm³/mol. The molecule has 1 saturated heterocycles. The van der Waals surface area contributed by atoms with Crippen LogP contribution in [0.5, 0.6) is 0 Å². The molecule has 0 bridgehead atoms. The van der Waals surface area contributed by atoms with E-state index in [1.165, 1.54) is 5.56 Å². The van der Waals surface area contributed by atoms with Crippen molar-refractivity contribution in [1.29, 1.82) is 0 Å². The molecule has 1 fully saturated rings. The molecular formula is C13H22N2O. The zero-order chi connectivity index (χ0) is 11.6. The third-order valence-corrected chi connectivity index (χ3v) is 3.62. The fraction of sp³-hybridized carbons (Fsp3) is 0.538. The fourth-order valence-electron chi connectivity index (χ4n) is 2.38. The lowest BCUT2D eigenvalue weighted by Crippen LogP contribution is -2.42. The van der Waals surface area contributed by atoms with E-state index < -0.39 is 0 Å². The number of anilines is 1. The molecule has 3 nitrogen and oxygen atoms in total. The number of nitrogens with zero attached hydrogens (tertiary/aromatic N) is 1. The molecular weight excluding hydrogens is 200 g/mol. The highest BCUT2D eigenvalue weighted by molar-refractivity contribution is 5.41. The number of piperidine rings is 1. The Morgan fingerprint density at radius 2 is 1.81 bits per heavy atom. The summed E-state index contributed by atoms with van der Waals surface area (Å²) >= 11 is 0. The third kappa shape index (κ3) is 2.06. The number of nitrogens with two attached hydrogens (primary N) is 1. The Hall–Kier alpha value is -1.06. The van der Waals surface area contributed by atoms with E-state index in [9.17, 15) is 0 Å². The van der Waals surface area contributed by atoms with Gasteiger partial charge >= 0.3 is 0 Å². The monoisotopic (exact) mass is 222 g/mol. The topological polar surface area (TPSA) is 38.5 Å². The van der Waals surface area contributed by atoms with E-state index in [1.807, 2.05) is 19.2 Å². The van der Waals surface area contributed by atoms with Crippen molar-refractivity contribution >= 4 is 5.69 Å². The van der Waals surface area contributed by atoms with Gasteiger partial charge < -0.3 is 15.4 Å². The van der Waals surface area contributed by atoms with Gasteiger partial charge in [-0.2, -0.15) is 0 Å². The molecule has 0 radical (unpaired) electrons. The van der Waals surface area contributed by atoms with Crippen LogP contribution in [0, 0.1) is 0 Å². The van der Waals surface area contributed by atoms with E-state index in [2.05, 4.69) is 24.1 Å². The molecule has 2 N–H and O–H groups in total. The molecule has 1 aliphatic rings. The van der Waals surface area contributed by atoms with E-state index in [0.29, 0.717) is 0 Å². The summed E-state index contributed by atoms with van der Waals surface area (Å²) in [6, 6.07) is 8.08. The van der Waals surface area contributed by atoms with Crippen LogP contribution in [0.1, 0.15) is 19.8 Å². The Morgan fingerprint density at radius 1 is 1.25 bits per heavy atom. The van der Waals surface area contributed by atoms with Gasteiger partial charge in [-0.1, -0.05) is 12.1 Å². The van der Waals surface area contributed by atoms with Crippen LogP contribution in [-0.4, -0.2) is 32.1 Å². The van der Waals surface area contributed by atoms with Crippen molar-refractivity contribution in [3.05, 3.63) is 29.8 Å². The van der Waals surface area contributed by atoms with Crippen molar-refractivity contribution in [1.82, 2.24) is 4.90 Å². The number of hydrogen-bond acceptors (Lipinski definition) is 3. The summed E-state index contributed by atoms with van der Waals surface area (Å²) in [7, 11) is 3.96. The Labute approximate surface area is 98.7 Å². The normalized spacial score (nSPS) is 20.9. The minimum absolute atomic E-state index is 0. The van der Waals surface area contributed by atoms with Crippen molar-refractivity contribution in [3.8, 4) is 0 Å². The van der Waals surface area contributed by atoms with Gasteiger partial charge in [-0.05, 0) is 37.6 Å². The Balaban J connectivity index is 0.00000144. The standard InChI is InChI=1S/C13H20N2O.H2/c1-15-9-7-13(16-2,8-10-15)11-3-5-12(14)6-4-11;/h3-6H,7-10,14H2,1-2H3;1H. The molecule has 1 aromatic carbocycles. The first-order valence-corrected chi connectivity index (χ1v) is 5.76. The first-order chi connectivity index (χ1) is 7.66. The number of nitrogen functional groups attached to an aromatic ring is 1. The van der Waals surface area contributed by atoms with Crippen molar-refractivity contribution in [2.24, 2.45) is 0 Å². The lowest BCUT2D eigenvalue weighted by Gasteiger charge is -2.40. The number of likely N-dealkylation sites (tertiary alicyclic amines) is 1. The summed E-state index contributed by atoms with van der Waals surface area (Å²) in [4.78, 5) is 2.34. The van der Waals surface area contributed by atoms with E-state index in [4.69, 9.17) is 10.5 Å². The number of hydrogen-bond donors (Lipinski definition) is 1. The Bertz CT molecular complexity index is 345. The second kappa shape index (κ2) is 4.44. The van der Waals surface area contributed by atoms with Crippen LogP contribution in [0.15, 0.2) is 24.3 Å². The molecule has 0 atom stereocenters. The third-order valence-electron chi connectivity index (χ3n) is 3.62. The number of rotatable bonds is 2. The van der Waals surface area contributed by atoms with Gasteiger partial charge in [0.2, 0.25) is 0 Å². The quantitative estimate of drug-likeness (QED) is 0.779. The molecule has 90 valence electrons. The van der Waals surface area contributed by atoms with Gasteiger partial charge in [-0.15, -0.1) is 0 Å². The average Bonchev–Trinajstić information content (AvgIpc) is 2.32. The van der Waals surface area contributed by atoms with Crippen LogP contribution in [0.3, 0.4) is 0 Å². The van der Waals surface area contributed by atoms with Gasteiger partial charge in [0.25, 0.3) is 0 Å². The van der Waals surface area contributed by atoms with Crippen LogP contribution in [0.2, 0.25) is 0 Å². The maximum absolute atomic E-state index is 5.79. The van der Waals surface area contributed by atoms with Gasteiger partial charge in [0.05, 0.1) is 5.60 Å². The number of methoxy groups -OCH3 is 1. The SMILES string of the molecule is COC1(c2ccc(N)cc2)CCN(C)CC1.[HH]. The minimum Gasteiger partial charge on any atom is -0.399 e. The number of benzene rings is 1. The summed E-state index contributed by atoms with van der Waals surface area (Å²) in [6.45, 7) is 2.16. The molecule has 0 spiro atoms. The average molecular weight is 222 g/mol. The van der Waals surface area contributed by atoms with Crippen LogP contribution >= 0.6 is 0 Å². The summed E-state index contributed by atoms with van der Waals surface area (Å²) in [5.41, 5.74) is 7.66. The fourth-order valence-corrected chi connectivity index (χ4v) is 2.38. The first kappa shape index (κ1) is 11.4. The molecule has 0 saturated carbocycles. The molecule has 2 rings (SSSR count). The smallest absolute Gasteiger partial charge is 0.0951 e. The Morgan fingerprint density at radius 3 is 2.31 bits per heavy atom. The van der Waals surface area contributed by atoms with Crippen molar-refractivity contribution < 1.29 is 6.16 Å². The highest BCUT2D eigenvalue weighted by Gasteiger charge is 2.35. The van der Waals surface area contributed by atoms with Crippen molar-refractivity contribution in [3.63, 3.8) is 0 Å². The summed E-state index contributed by atoms with van der Waals surface area (Å²) in [5.74, 6) is 0. The van der Waals surface area contributed by atoms with Gasteiger partial charge in [-0.3, -0.25) is 0 Å². The largest absolute Gasteiger partial charge is 0.399 e. The molecule has 1 aliphatic heterocycles. The zero-order valence-corrected chi connectivity index (χ0v) is 10.1. The second-order valence-electron chi connectivity index (χ2n) is 4.62. The molecule has 0 aliphatic carbocycles. The van der Waals surface area contributed by atoms with Crippen LogP contribution in [0.25, 0.3) is 0 Å². The highest BCUT2D eigenvalue weighted by Crippen LogP contribution is 2.35. The lowest BCUT2D eigenvalue weighted by molar-refractivity contribution is -0.0585. The van der Waals surface area contributed by atoms with Gasteiger partial charge in [0.1, 0.15) is 0 Å². The van der Waals surface area contributed by atoms with Crippen molar-refractivity contribution in [2.45, 2.75) is 18.4 Å². The van der Waals surface area contributed by atoms with Gasteiger partial charge in [0, 0.05) is 27.3 Å². The molecule has 1 aromatic rings. The van der Waals surface area contributed by atoms with E-state index in [-0.39, 0.29) is 7.03 Å². The highest BCUT2D eigenvalue weighted by atomic mass is 16.5. The van der Waals surface area contributed by atoms with E-state index in [0.717, 1.165) is 31.6 Å². The zero-order valence-electron chi connectivity index (χ0n) is 10.1. The van der Waals surface area contributed by atoms with E-state index >= 15 is 0 Å². The Kier molecular flexibility index (Phi) is 3.17. The minimum atomic E-state index is -0.111. The van der Waals surface area contributed by atoms with Crippen LogP contribution in [-0.2, 0) is 10.3 Å². The van der Waals surface area contributed by atoms with Gasteiger partial charge in [0.15, 0.2) is 0 Å². The van der Waals surface area contributed by atoms with Crippen LogP contribution < -0.4 is 5.73 Å². The summed E-state index contributed by atoms with van der Waals surface area (Å²) in [5, 5.41) is 0. The molecule has 3 heteroatoms.